The number of nitrogens with zero attached hydrogens (tertiary/aromatic N) is 3. The van der Waals surface area contributed by atoms with Crippen LogP contribution in [0.4, 0.5) is 10.2 Å². The van der Waals surface area contributed by atoms with Crippen molar-refractivity contribution in [3.63, 3.8) is 0 Å². The molecule has 1 aliphatic rings. The van der Waals surface area contributed by atoms with Crippen LogP contribution in [0.3, 0.4) is 0 Å². The Bertz CT molecular complexity index is 710. The standard InChI is InChI=1S/C17H18FN3O2/c1-11-6-8-21(9-7-11)16-14(17(22)23)10-19-15(20-16)12-2-4-13(18)5-3-12/h2-5,10-11H,6-9H2,1H3,(H,22,23). The second-order valence-electron chi connectivity index (χ2n) is 5.91. The fourth-order valence-corrected chi connectivity index (χ4v) is 2.72. The molecule has 5 nitrogen and oxygen atoms in total. The normalized spacial score (nSPS) is 15.7. The fourth-order valence-electron chi connectivity index (χ4n) is 2.72. The van der Waals surface area contributed by atoms with Crippen LogP contribution >= 0.6 is 0 Å². The molecule has 0 aliphatic carbocycles. The molecule has 1 N–H and O–H groups in total. The molecule has 6 heteroatoms. The first-order valence-corrected chi connectivity index (χ1v) is 7.66. The van der Waals surface area contributed by atoms with Gasteiger partial charge in [-0.3, -0.25) is 0 Å². The Labute approximate surface area is 133 Å². The molecule has 0 radical (unpaired) electrons. The summed E-state index contributed by atoms with van der Waals surface area (Å²) in [5.74, 6) is 0.116. The highest BCUT2D eigenvalue weighted by Crippen LogP contribution is 2.26. The highest BCUT2D eigenvalue weighted by Gasteiger charge is 2.23. The van der Waals surface area contributed by atoms with Crippen molar-refractivity contribution in [3.8, 4) is 11.4 Å². The average molecular weight is 315 g/mol. The molecule has 1 saturated heterocycles. The van der Waals surface area contributed by atoms with Crippen LogP contribution in [0.1, 0.15) is 30.1 Å². The summed E-state index contributed by atoms with van der Waals surface area (Å²) >= 11 is 0. The molecule has 2 heterocycles. The Kier molecular flexibility index (Phi) is 4.23. The number of carbonyl (C=O) groups is 1. The largest absolute Gasteiger partial charge is 0.477 e. The molecule has 0 saturated carbocycles. The van der Waals surface area contributed by atoms with Crippen molar-refractivity contribution in [1.82, 2.24) is 9.97 Å². The van der Waals surface area contributed by atoms with Crippen molar-refractivity contribution in [1.29, 1.82) is 0 Å². The van der Waals surface area contributed by atoms with E-state index in [1.165, 1.54) is 18.3 Å². The summed E-state index contributed by atoms with van der Waals surface area (Å²) in [7, 11) is 0. The molecule has 0 spiro atoms. The SMILES string of the molecule is CC1CCN(c2nc(-c3ccc(F)cc3)ncc2C(=O)O)CC1. The molecule has 0 bridgehead atoms. The van der Waals surface area contributed by atoms with Crippen LogP contribution in [0.5, 0.6) is 0 Å². The van der Waals surface area contributed by atoms with Gasteiger partial charge in [0.05, 0.1) is 0 Å². The summed E-state index contributed by atoms with van der Waals surface area (Å²) in [4.78, 5) is 22.0. The van der Waals surface area contributed by atoms with Gasteiger partial charge in [0, 0.05) is 24.8 Å². The zero-order chi connectivity index (χ0) is 16.4. The van der Waals surface area contributed by atoms with E-state index in [0.29, 0.717) is 23.1 Å². The highest BCUT2D eigenvalue weighted by molar-refractivity contribution is 5.93. The molecular weight excluding hydrogens is 297 g/mol. The number of rotatable bonds is 3. The minimum Gasteiger partial charge on any atom is -0.477 e. The van der Waals surface area contributed by atoms with Gasteiger partial charge < -0.3 is 10.0 Å². The summed E-state index contributed by atoms with van der Waals surface area (Å²) in [6, 6.07) is 5.86. The maximum Gasteiger partial charge on any atom is 0.341 e. The van der Waals surface area contributed by atoms with Gasteiger partial charge >= 0.3 is 5.97 Å². The first kappa shape index (κ1) is 15.4. The Morgan fingerprint density at radius 2 is 1.91 bits per heavy atom. The van der Waals surface area contributed by atoms with Crippen LogP contribution in [0, 0.1) is 11.7 Å². The molecule has 0 unspecified atom stereocenters. The molecule has 0 atom stereocenters. The van der Waals surface area contributed by atoms with E-state index in [1.54, 1.807) is 12.1 Å². The van der Waals surface area contributed by atoms with Crippen molar-refractivity contribution >= 4 is 11.8 Å². The van der Waals surface area contributed by atoms with Gasteiger partial charge in [-0.2, -0.15) is 0 Å². The average Bonchev–Trinajstić information content (AvgIpc) is 2.55. The predicted octanol–water partition coefficient (Wildman–Crippen LogP) is 3.22. The Balaban J connectivity index is 1.99. The van der Waals surface area contributed by atoms with E-state index in [4.69, 9.17) is 0 Å². The van der Waals surface area contributed by atoms with Crippen molar-refractivity contribution in [3.05, 3.63) is 41.8 Å². The quantitative estimate of drug-likeness (QED) is 0.942. The van der Waals surface area contributed by atoms with E-state index in [9.17, 15) is 14.3 Å². The smallest absolute Gasteiger partial charge is 0.341 e. The van der Waals surface area contributed by atoms with Crippen LogP contribution in [0.25, 0.3) is 11.4 Å². The summed E-state index contributed by atoms with van der Waals surface area (Å²) in [5, 5.41) is 9.39. The summed E-state index contributed by atoms with van der Waals surface area (Å²) < 4.78 is 13.1. The molecule has 1 aromatic carbocycles. The van der Waals surface area contributed by atoms with Gasteiger partial charge in [-0.25, -0.2) is 19.2 Å². The Hall–Kier alpha value is -2.50. The van der Waals surface area contributed by atoms with Gasteiger partial charge in [0.25, 0.3) is 0 Å². The second kappa shape index (κ2) is 6.32. The van der Waals surface area contributed by atoms with Crippen LogP contribution in [0.2, 0.25) is 0 Å². The van der Waals surface area contributed by atoms with E-state index < -0.39 is 5.97 Å². The van der Waals surface area contributed by atoms with Crippen LogP contribution in [0.15, 0.2) is 30.5 Å². The lowest BCUT2D eigenvalue weighted by atomic mass is 9.99. The van der Waals surface area contributed by atoms with Crippen LogP contribution in [-0.4, -0.2) is 34.1 Å². The molecule has 23 heavy (non-hydrogen) atoms. The number of hydrogen-bond acceptors (Lipinski definition) is 4. The minimum atomic E-state index is -1.04. The van der Waals surface area contributed by atoms with Crippen molar-refractivity contribution < 1.29 is 14.3 Å². The highest BCUT2D eigenvalue weighted by atomic mass is 19.1. The van der Waals surface area contributed by atoms with E-state index in [2.05, 4.69) is 16.9 Å². The number of carboxylic acid groups (broad SMARTS) is 1. The van der Waals surface area contributed by atoms with Crippen molar-refractivity contribution in [2.75, 3.05) is 18.0 Å². The number of hydrogen-bond donors (Lipinski definition) is 1. The van der Waals surface area contributed by atoms with Gasteiger partial charge in [0.15, 0.2) is 5.82 Å². The third-order valence-corrected chi connectivity index (χ3v) is 4.18. The predicted molar refractivity (Wildman–Crippen MR) is 85.0 cm³/mol. The van der Waals surface area contributed by atoms with E-state index in [1.807, 2.05) is 4.90 Å². The topological polar surface area (TPSA) is 66.3 Å². The second-order valence-corrected chi connectivity index (χ2v) is 5.91. The summed E-state index contributed by atoms with van der Waals surface area (Å²) in [6.45, 7) is 3.75. The lowest BCUT2D eigenvalue weighted by molar-refractivity contribution is 0.0696. The fraction of sp³-hybridized carbons (Fsp3) is 0.353. The van der Waals surface area contributed by atoms with Gasteiger partial charge in [-0.15, -0.1) is 0 Å². The molecule has 1 aliphatic heterocycles. The summed E-state index contributed by atoms with van der Waals surface area (Å²) in [5.41, 5.74) is 0.764. The van der Waals surface area contributed by atoms with Gasteiger partial charge in [0.2, 0.25) is 0 Å². The molecule has 1 aromatic heterocycles. The number of piperidine rings is 1. The maximum atomic E-state index is 13.1. The van der Waals surface area contributed by atoms with Crippen molar-refractivity contribution in [2.45, 2.75) is 19.8 Å². The van der Waals surface area contributed by atoms with Gasteiger partial charge in [0.1, 0.15) is 17.2 Å². The Morgan fingerprint density at radius 3 is 2.52 bits per heavy atom. The van der Waals surface area contributed by atoms with Gasteiger partial charge in [-0.1, -0.05) is 6.92 Å². The minimum absolute atomic E-state index is 0.102. The van der Waals surface area contributed by atoms with E-state index in [-0.39, 0.29) is 11.4 Å². The third-order valence-electron chi connectivity index (χ3n) is 4.18. The monoisotopic (exact) mass is 315 g/mol. The molecule has 0 amide bonds. The zero-order valence-corrected chi connectivity index (χ0v) is 12.9. The van der Waals surface area contributed by atoms with Gasteiger partial charge in [-0.05, 0) is 43.0 Å². The Morgan fingerprint density at radius 1 is 1.26 bits per heavy atom. The zero-order valence-electron chi connectivity index (χ0n) is 12.9. The molecule has 1 fully saturated rings. The first-order valence-electron chi connectivity index (χ1n) is 7.66. The first-order chi connectivity index (χ1) is 11.0. The third kappa shape index (κ3) is 3.31. The number of halogens is 1. The number of benzene rings is 1. The number of aromatic carboxylic acids is 1. The maximum absolute atomic E-state index is 13.1. The van der Waals surface area contributed by atoms with E-state index in [0.717, 1.165) is 25.9 Å². The number of aromatic nitrogens is 2. The molecule has 3 rings (SSSR count). The van der Waals surface area contributed by atoms with Crippen LogP contribution in [-0.2, 0) is 0 Å². The lowest BCUT2D eigenvalue weighted by Gasteiger charge is -2.32. The number of anilines is 1. The van der Waals surface area contributed by atoms with Crippen molar-refractivity contribution in [2.24, 2.45) is 5.92 Å². The lowest BCUT2D eigenvalue weighted by Crippen LogP contribution is -2.34. The molecule has 2 aromatic rings. The summed E-state index contributed by atoms with van der Waals surface area (Å²) in [6.07, 6.45) is 3.35. The van der Waals surface area contributed by atoms with Crippen LogP contribution < -0.4 is 4.90 Å². The molecule has 120 valence electrons. The van der Waals surface area contributed by atoms with E-state index >= 15 is 0 Å². The number of carboxylic acids is 1. The molecular formula is C17H18FN3O2.